The minimum atomic E-state index is 0.745. The number of halogens is 1. The number of hydrogen-bond donors (Lipinski definition) is 0. The molecule has 0 saturated carbocycles. The van der Waals surface area contributed by atoms with E-state index in [4.69, 9.17) is 16.6 Å². The topological polar surface area (TPSA) is 12.4 Å². The molecule has 0 N–H and O–H groups in total. The molecule has 2 aromatic rings. The van der Waals surface area contributed by atoms with Crippen molar-refractivity contribution in [3.8, 4) is 0 Å². The molecule has 0 fully saturated rings. The first-order chi connectivity index (χ1) is 8.81. The zero-order valence-corrected chi connectivity index (χ0v) is 10.4. The predicted molar refractivity (Wildman–Crippen MR) is 76.6 cm³/mol. The first kappa shape index (κ1) is 10.1. The smallest absolute Gasteiger partial charge is 0.0727 e. The van der Waals surface area contributed by atoms with Crippen molar-refractivity contribution in [3.63, 3.8) is 0 Å². The maximum atomic E-state index is 6.02. The van der Waals surface area contributed by atoms with Crippen molar-refractivity contribution < 1.29 is 0 Å². The maximum absolute atomic E-state index is 6.02. The van der Waals surface area contributed by atoms with Crippen LogP contribution in [0, 0.1) is 0 Å². The molecular formula is C16H10ClN. The highest BCUT2D eigenvalue weighted by Crippen LogP contribution is 2.40. The van der Waals surface area contributed by atoms with Gasteiger partial charge in [-0.15, -0.1) is 0 Å². The summed E-state index contributed by atoms with van der Waals surface area (Å²) in [5, 5.41) is 0.745. The summed E-state index contributed by atoms with van der Waals surface area (Å²) >= 11 is 6.02. The standard InChI is InChI=1S/C16H10ClN/c17-12-5-6-13-14-7-10-3-1-2-4-11(10)8-15(14)18-16(13)9-12/h1-7,9H,8H2. The summed E-state index contributed by atoms with van der Waals surface area (Å²) < 4.78 is 0. The van der Waals surface area contributed by atoms with E-state index in [1.165, 1.54) is 22.3 Å². The molecule has 1 heterocycles. The first-order valence-electron chi connectivity index (χ1n) is 5.99. The van der Waals surface area contributed by atoms with Crippen LogP contribution >= 0.6 is 11.6 Å². The molecule has 0 bridgehead atoms. The molecule has 2 aliphatic rings. The number of allylic oxidation sites excluding steroid dienone is 1. The van der Waals surface area contributed by atoms with Crippen LogP contribution in [0.3, 0.4) is 0 Å². The van der Waals surface area contributed by atoms with E-state index in [9.17, 15) is 0 Å². The fourth-order valence-corrected chi connectivity index (χ4v) is 2.82. The monoisotopic (exact) mass is 251 g/mol. The molecule has 18 heavy (non-hydrogen) atoms. The van der Waals surface area contributed by atoms with Crippen LogP contribution in [0.2, 0.25) is 5.02 Å². The summed E-state index contributed by atoms with van der Waals surface area (Å²) in [6.45, 7) is 0. The lowest BCUT2D eigenvalue weighted by molar-refractivity contribution is 1.31. The molecule has 0 unspecified atom stereocenters. The van der Waals surface area contributed by atoms with Gasteiger partial charge in [0.2, 0.25) is 0 Å². The van der Waals surface area contributed by atoms with Crippen molar-refractivity contribution in [2.45, 2.75) is 6.42 Å². The molecule has 2 aromatic carbocycles. The summed E-state index contributed by atoms with van der Waals surface area (Å²) in [4.78, 5) is 4.70. The zero-order valence-electron chi connectivity index (χ0n) is 9.65. The second-order valence-electron chi connectivity index (χ2n) is 4.65. The lowest BCUT2D eigenvalue weighted by Gasteiger charge is -2.14. The van der Waals surface area contributed by atoms with Crippen LogP contribution < -0.4 is 0 Å². The van der Waals surface area contributed by atoms with Crippen LogP contribution in [-0.2, 0) is 6.42 Å². The summed E-state index contributed by atoms with van der Waals surface area (Å²) in [6, 6.07) is 14.4. The van der Waals surface area contributed by atoms with Crippen LogP contribution in [0.4, 0.5) is 5.69 Å². The zero-order chi connectivity index (χ0) is 12.1. The van der Waals surface area contributed by atoms with Crippen molar-refractivity contribution in [2.24, 2.45) is 4.99 Å². The van der Waals surface area contributed by atoms with Gasteiger partial charge in [-0.1, -0.05) is 41.9 Å². The van der Waals surface area contributed by atoms with E-state index in [0.29, 0.717) is 0 Å². The van der Waals surface area contributed by atoms with Gasteiger partial charge in [-0.05, 0) is 29.3 Å². The Labute approximate surface area is 110 Å². The molecular weight excluding hydrogens is 242 g/mol. The van der Waals surface area contributed by atoms with Gasteiger partial charge in [0, 0.05) is 22.6 Å². The van der Waals surface area contributed by atoms with Gasteiger partial charge in [0.05, 0.1) is 11.4 Å². The number of fused-ring (bicyclic) bond motifs is 4. The van der Waals surface area contributed by atoms with Crippen LogP contribution in [0.1, 0.15) is 16.7 Å². The molecule has 0 amide bonds. The van der Waals surface area contributed by atoms with Gasteiger partial charge in [0.25, 0.3) is 0 Å². The average molecular weight is 252 g/mol. The second kappa shape index (κ2) is 3.56. The van der Waals surface area contributed by atoms with E-state index in [0.717, 1.165) is 22.8 Å². The van der Waals surface area contributed by atoms with Crippen LogP contribution in [0.5, 0.6) is 0 Å². The van der Waals surface area contributed by atoms with E-state index in [1.807, 2.05) is 12.1 Å². The van der Waals surface area contributed by atoms with Crippen LogP contribution in [0.15, 0.2) is 47.5 Å². The van der Waals surface area contributed by atoms with Gasteiger partial charge >= 0.3 is 0 Å². The van der Waals surface area contributed by atoms with E-state index >= 15 is 0 Å². The average Bonchev–Trinajstić information content (AvgIpc) is 2.72. The maximum Gasteiger partial charge on any atom is 0.0727 e. The summed E-state index contributed by atoms with van der Waals surface area (Å²) in [7, 11) is 0. The predicted octanol–water partition coefficient (Wildman–Crippen LogP) is 4.52. The molecule has 1 aliphatic carbocycles. The van der Waals surface area contributed by atoms with E-state index in [-0.39, 0.29) is 0 Å². The number of rotatable bonds is 0. The Balaban J connectivity index is 1.95. The molecule has 86 valence electrons. The summed E-state index contributed by atoms with van der Waals surface area (Å²) in [6.07, 6.45) is 3.14. The third-order valence-corrected chi connectivity index (χ3v) is 3.76. The first-order valence-corrected chi connectivity index (χ1v) is 6.36. The fourth-order valence-electron chi connectivity index (χ4n) is 2.65. The van der Waals surface area contributed by atoms with Gasteiger partial charge in [0.1, 0.15) is 0 Å². The molecule has 0 radical (unpaired) electrons. The van der Waals surface area contributed by atoms with Crippen LogP contribution in [0.25, 0.3) is 11.6 Å². The Hall–Kier alpha value is -1.86. The van der Waals surface area contributed by atoms with Gasteiger partial charge in [-0.2, -0.15) is 0 Å². The number of aliphatic imine (C=N–C) groups is 1. The summed E-state index contributed by atoms with van der Waals surface area (Å²) in [5.41, 5.74) is 7.25. The highest BCUT2D eigenvalue weighted by atomic mass is 35.5. The largest absolute Gasteiger partial charge is 0.252 e. The van der Waals surface area contributed by atoms with Crippen LogP contribution in [-0.4, -0.2) is 5.71 Å². The number of hydrogen-bond acceptors (Lipinski definition) is 1. The third-order valence-electron chi connectivity index (χ3n) is 3.53. The molecule has 0 spiro atoms. The lowest BCUT2D eigenvalue weighted by Crippen LogP contribution is -2.08. The number of nitrogens with zero attached hydrogens (tertiary/aromatic N) is 1. The highest BCUT2D eigenvalue weighted by Gasteiger charge is 2.24. The molecule has 0 atom stereocenters. The lowest BCUT2D eigenvalue weighted by atomic mass is 9.88. The number of benzene rings is 2. The fraction of sp³-hybridized carbons (Fsp3) is 0.0625. The van der Waals surface area contributed by atoms with Crippen molar-refractivity contribution in [1.82, 2.24) is 0 Å². The van der Waals surface area contributed by atoms with Crippen molar-refractivity contribution in [1.29, 1.82) is 0 Å². The third kappa shape index (κ3) is 1.37. The van der Waals surface area contributed by atoms with Crippen molar-refractivity contribution in [3.05, 3.63) is 64.2 Å². The van der Waals surface area contributed by atoms with Gasteiger partial charge in [-0.3, -0.25) is 4.99 Å². The Morgan fingerprint density at radius 2 is 1.94 bits per heavy atom. The Morgan fingerprint density at radius 1 is 1.06 bits per heavy atom. The Bertz CT molecular complexity index is 726. The van der Waals surface area contributed by atoms with E-state index in [2.05, 4.69) is 36.4 Å². The molecule has 0 aromatic heterocycles. The minimum absolute atomic E-state index is 0.745. The van der Waals surface area contributed by atoms with E-state index < -0.39 is 0 Å². The minimum Gasteiger partial charge on any atom is -0.252 e. The quantitative estimate of drug-likeness (QED) is 0.653. The molecule has 4 rings (SSSR count). The normalized spacial score (nSPS) is 15.4. The second-order valence-corrected chi connectivity index (χ2v) is 5.09. The Morgan fingerprint density at radius 3 is 2.89 bits per heavy atom. The highest BCUT2D eigenvalue weighted by molar-refractivity contribution is 6.35. The van der Waals surface area contributed by atoms with E-state index in [1.54, 1.807) is 0 Å². The molecule has 0 saturated heterocycles. The molecule has 1 nitrogen and oxygen atoms in total. The van der Waals surface area contributed by atoms with Crippen molar-refractivity contribution >= 4 is 34.6 Å². The molecule has 1 aliphatic heterocycles. The van der Waals surface area contributed by atoms with Gasteiger partial charge in [0.15, 0.2) is 0 Å². The summed E-state index contributed by atoms with van der Waals surface area (Å²) in [5.74, 6) is 0. The SMILES string of the molecule is Clc1ccc2c(c1)N=C1Cc3ccccc3C=C12. The van der Waals surface area contributed by atoms with Gasteiger partial charge < -0.3 is 0 Å². The van der Waals surface area contributed by atoms with Crippen molar-refractivity contribution in [2.75, 3.05) is 0 Å². The molecule has 2 heteroatoms. The Kier molecular flexibility index (Phi) is 2.00. The van der Waals surface area contributed by atoms with Gasteiger partial charge in [-0.25, -0.2) is 0 Å².